The SMILES string of the molecule is CC(=O)c1ccc(S(=O)(=O)Nc2cc(C)ccc2Cl)cc1. The number of benzene rings is 2. The van der Waals surface area contributed by atoms with Crippen LogP contribution in [0.2, 0.25) is 5.02 Å². The van der Waals surface area contributed by atoms with E-state index in [-0.39, 0.29) is 10.7 Å². The maximum atomic E-state index is 12.3. The lowest BCUT2D eigenvalue weighted by Gasteiger charge is -2.10. The molecule has 0 saturated carbocycles. The van der Waals surface area contributed by atoms with E-state index in [0.717, 1.165) is 5.56 Å². The molecule has 0 radical (unpaired) electrons. The van der Waals surface area contributed by atoms with E-state index in [1.165, 1.54) is 31.2 Å². The van der Waals surface area contributed by atoms with Crippen LogP contribution in [0.5, 0.6) is 0 Å². The van der Waals surface area contributed by atoms with Crippen LogP contribution >= 0.6 is 11.6 Å². The summed E-state index contributed by atoms with van der Waals surface area (Å²) in [7, 11) is -3.74. The summed E-state index contributed by atoms with van der Waals surface area (Å²) in [5.74, 6) is -0.117. The van der Waals surface area contributed by atoms with Crippen molar-refractivity contribution in [1.82, 2.24) is 0 Å². The lowest BCUT2D eigenvalue weighted by Crippen LogP contribution is -2.13. The van der Waals surface area contributed by atoms with Crippen LogP contribution in [0.3, 0.4) is 0 Å². The fourth-order valence-corrected chi connectivity index (χ4v) is 3.08. The summed E-state index contributed by atoms with van der Waals surface area (Å²) in [6.07, 6.45) is 0. The molecular weight excluding hydrogens is 310 g/mol. The Morgan fingerprint density at radius 1 is 1.10 bits per heavy atom. The summed E-state index contributed by atoms with van der Waals surface area (Å²) in [5.41, 5.74) is 1.68. The Morgan fingerprint density at radius 2 is 1.71 bits per heavy atom. The molecule has 0 spiro atoms. The Bertz CT molecular complexity index is 783. The van der Waals surface area contributed by atoms with Crippen molar-refractivity contribution in [3.8, 4) is 0 Å². The number of carbonyl (C=O) groups is 1. The smallest absolute Gasteiger partial charge is 0.261 e. The number of nitrogens with one attached hydrogen (secondary N) is 1. The molecule has 0 aliphatic carbocycles. The van der Waals surface area contributed by atoms with Crippen LogP contribution in [0.15, 0.2) is 47.4 Å². The maximum Gasteiger partial charge on any atom is 0.261 e. The van der Waals surface area contributed by atoms with Gasteiger partial charge in [-0.2, -0.15) is 0 Å². The van der Waals surface area contributed by atoms with E-state index in [2.05, 4.69) is 4.72 Å². The normalized spacial score (nSPS) is 11.2. The van der Waals surface area contributed by atoms with E-state index in [1.54, 1.807) is 18.2 Å². The van der Waals surface area contributed by atoms with Crippen molar-refractivity contribution < 1.29 is 13.2 Å². The fraction of sp³-hybridized carbons (Fsp3) is 0.133. The van der Waals surface area contributed by atoms with Crippen molar-refractivity contribution in [3.63, 3.8) is 0 Å². The third-order valence-corrected chi connectivity index (χ3v) is 4.65. The largest absolute Gasteiger partial charge is 0.295 e. The average molecular weight is 324 g/mol. The number of hydrogen-bond acceptors (Lipinski definition) is 3. The zero-order valence-corrected chi connectivity index (χ0v) is 13.1. The summed E-state index contributed by atoms with van der Waals surface area (Å²) in [5, 5.41) is 0.324. The van der Waals surface area contributed by atoms with E-state index in [1.807, 2.05) is 6.92 Å². The monoisotopic (exact) mass is 323 g/mol. The van der Waals surface area contributed by atoms with Crippen LogP contribution in [0, 0.1) is 6.92 Å². The van der Waals surface area contributed by atoms with Crippen molar-refractivity contribution in [3.05, 3.63) is 58.6 Å². The van der Waals surface area contributed by atoms with Gasteiger partial charge in [0, 0.05) is 5.56 Å². The Balaban J connectivity index is 2.34. The van der Waals surface area contributed by atoms with Gasteiger partial charge in [-0.1, -0.05) is 29.8 Å². The lowest BCUT2D eigenvalue weighted by molar-refractivity contribution is 0.101. The van der Waals surface area contributed by atoms with Gasteiger partial charge in [0.2, 0.25) is 0 Å². The third kappa shape index (κ3) is 3.62. The molecule has 2 aromatic rings. The number of Topliss-reactive ketones (excluding diaryl/α,β-unsaturated/α-hetero) is 1. The second-order valence-electron chi connectivity index (χ2n) is 4.67. The van der Waals surface area contributed by atoms with Crippen molar-refractivity contribution >= 4 is 33.1 Å². The minimum atomic E-state index is -3.74. The number of carbonyl (C=O) groups excluding carboxylic acids is 1. The number of ketones is 1. The summed E-state index contributed by atoms with van der Waals surface area (Å²) in [6, 6.07) is 10.8. The topological polar surface area (TPSA) is 63.2 Å². The molecule has 21 heavy (non-hydrogen) atoms. The number of aryl methyl sites for hydroxylation is 1. The highest BCUT2D eigenvalue weighted by molar-refractivity contribution is 7.92. The van der Waals surface area contributed by atoms with Gasteiger partial charge < -0.3 is 0 Å². The van der Waals surface area contributed by atoms with Gasteiger partial charge in [-0.15, -0.1) is 0 Å². The zero-order valence-electron chi connectivity index (χ0n) is 11.6. The molecule has 0 bridgehead atoms. The van der Waals surface area contributed by atoms with Crippen molar-refractivity contribution in [2.45, 2.75) is 18.7 Å². The molecule has 0 aromatic heterocycles. The standard InChI is InChI=1S/C15H14ClNO3S/c1-10-3-8-14(16)15(9-10)17-21(19,20)13-6-4-12(5-7-13)11(2)18/h3-9,17H,1-2H3. The van der Waals surface area contributed by atoms with E-state index >= 15 is 0 Å². The van der Waals surface area contributed by atoms with Gasteiger partial charge in [0.1, 0.15) is 0 Å². The van der Waals surface area contributed by atoms with Gasteiger partial charge in [0.15, 0.2) is 5.78 Å². The van der Waals surface area contributed by atoms with Gasteiger partial charge in [-0.25, -0.2) is 8.42 Å². The Labute approximate surface area is 128 Å². The van der Waals surface area contributed by atoms with Gasteiger partial charge in [0.25, 0.3) is 10.0 Å². The fourth-order valence-electron chi connectivity index (χ4n) is 1.79. The molecule has 6 heteroatoms. The molecule has 0 saturated heterocycles. The van der Waals surface area contributed by atoms with Crippen LogP contribution in [-0.4, -0.2) is 14.2 Å². The minimum Gasteiger partial charge on any atom is -0.295 e. The molecule has 1 N–H and O–H groups in total. The van der Waals surface area contributed by atoms with Crippen LogP contribution < -0.4 is 4.72 Å². The molecule has 4 nitrogen and oxygen atoms in total. The molecule has 2 aromatic carbocycles. The van der Waals surface area contributed by atoms with E-state index < -0.39 is 10.0 Å². The first kappa shape index (κ1) is 15.5. The Morgan fingerprint density at radius 3 is 2.29 bits per heavy atom. The van der Waals surface area contributed by atoms with Gasteiger partial charge in [-0.05, 0) is 43.7 Å². The first-order valence-corrected chi connectivity index (χ1v) is 8.06. The molecule has 0 fully saturated rings. The summed E-state index contributed by atoms with van der Waals surface area (Å²) >= 11 is 5.98. The second-order valence-corrected chi connectivity index (χ2v) is 6.76. The predicted molar refractivity (Wildman–Crippen MR) is 83.4 cm³/mol. The minimum absolute atomic E-state index is 0.0741. The molecule has 2 rings (SSSR count). The number of rotatable bonds is 4. The molecule has 0 aliphatic rings. The van der Waals surface area contributed by atoms with Crippen molar-refractivity contribution in [2.24, 2.45) is 0 Å². The van der Waals surface area contributed by atoms with E-state index in [0.29, 0.717) is 16.3 Å². The zero-order chi connectivity index (χ0) is 15.6. The van der Waals surface area contributed by atoms with E-state index in [9.17, 15) is 13.2 Å². The van der Waals surface area contributed by atoms with Gasteiger partial charge in [0.05, 0.1) is 15.6 Å². The van der Waals surface area contributed by atoms with E-state index in [4.69, 9.17) is 11.6 Å². The first-order valence-electron chi connectivity index (χ1n) is 6.19. The third-order valence-electron chi connectivity index (χ3n) is 2.94. The van der Waals surface area contributed by atoms with Gasteiger partial charge >= 0.3 is 0 Å². The first-order chi connectivity index (χ1) is 9.79. The second kappa shape index (κ2) is 5.87. The highest BCUT2D eigenvalue weighted by Gasteiger charge is 2.16. The highest BCUT2D eigenvalue weighted by atomic mass is 35.5. The Hall–Kier alpha value is -1.85. The summed E-state index contributed by atoms with van der Waals surface area (Å²) in [4.78, 5) is 11.3. The molecule has 0 aliphatic heterocycles. The average Bonchev–Trinajstić information content (AvgIpc) is 2.43. The predicted octanol–water partition coefficient (Wildman–Crippen LogP) is 3.65. The van der Waals surface area contributed by atoms with Crippen LogP contribution in [-0.2, 0) is 10.0 Å². The van der Waals surface area contributed by atoms with Crippen molar-refractivity contribution in [1.29, 1.82) is 0 Å². The maximum absolute atomic E-state index is 12.3. The van der Waals surface area contributed by atoms with Crippen LogP contribution in [0.4, 0.5) is 5.69 Å². The van der Waals surface area contributed by atoms with Gasteiger partial charge in [-0.3, -0.25) is 9.52 Å². The highest BCUT2D eigenvalue weighted by Crippen LogP contribution is 2.25. The molecule has 0 heterocycles. The number of halogens is 1. The Kier molecular flexibility index (Phi) is 4.34. The van der Waals surface area contributed by atoms with Crippen LogP contribution in [0.1, 0.15) is 22.8 Å². The summed E-state index contributed by atoms with van der Waals surface area (Å²) in [6.45, 7) is 3.27. The number of sulfonamides is 1. The number of hydrogen-bond donors (Lipinski definition) is 1. The quantitative estimate of drug-likeness (QED) is 0.873. The molecular formula is C15H14ClNO3S. The summed E-state index contributed by atoms with van der Waals surface area (Å²) < 4.78 is 27.0. The number of anilines is 1. The molecule has 0 unspecified atom stereocenters. The van der Waals surface area contributed by atoms with Crippen LogP contribution in [0.25, 0.3) is 0 Å². The molecule has 110 valence electrons. The molecule has 0 atom stereocenters. The van der Waals surface area contributed by atoms with Crippen molar-refractivity contribution in [2.75, 3.05) is 4.72 Å². The molecule has 0 amide bonds. The lowest BCUT2D eigenvalue weighted by atomic mass is 10.2.